The normalized spacial score (nSPS) is 19.4. The Hall–Kier alpha value is -1.98. The molecule has 1 aliphatic rings. The maximum absolute atomic E-state index is 5.64. The molecule has 1 N–H and O–H groups in total. The largest absolute Gasteiger partial charge is 0.438 e. The first-order valence-corrected chi connectivity index (χ1v) is 7.28. The lowest BCUT2D eigenvalue weighted by atomic mass is 10.1. The van der Waals surface area contributed by atoms with E-state index < -0.39 is 0 Å². The number of nitrogens with one attached hydrogen (secondary N) is 1. The number of nitrogens with zero attached hydrogens (tertiary/aromatic N) is 3. The Morgan fingerprint density at radius 2 is 2.14 bits per heavy atom. The first-order valence-electron chi connectivity index (χ1n) is 7.28. The Kier molecular flexibility index (Phi) is 4.43. The highest BCUT2D eigenvalue weighted by atomic mass is 16.5. The third-order valence-electron chi connectivity index (χ3n) is 3.54. The number of benzene rings is 1. The van der Waals surface area contributed by atoms with Gasteiger partial charge in [0.05, 0.1) is 6.20 Å². The first-order chi connectivity index (χ1) is 10.3. The van der Waals surface area contributed by atoms with Crippen LogP contribution in [0.3, 0.4) is 0 Å². The molecule has 1 aromatic heterocycles. The predicted molar refractivity (Wildman–Crippen MR) is 81.3 cm³/mol. The third-order valence-corrected chi connectivity index (χ3v) is 3.54. The molecule has 1 fully saturated rings. The Morgan fingerprint density at radius 3 is 2.86 bits per heavy atom. The van der Waals surface area contributed by atoms with Crippen LogP contribution >= 0.6 is 0 Å². The molecule has 1 saturated heterocycles. The van der Waals surface area contributed by atoms with Crippen molar-refractivity contribution in [3.63, 3.8) is 0 Å². The minimum atomic E-state index is 0.515. The van der Waals surface area contributed by atoms with Crippen molar-refractivity contribution in [2.24, 2.45) is 0 Å². The zero-order valence-electron chi connectivity index (χ0n) is 12.2. The lowest BCUT2D eigenvalue weighted by molar-refractivity contribution is 0.199. The Bertz CT molecular complexity index is 558. The van der Waals surface area contributed by atoms with Crippen LogP contribution in [-0.2, 0) is 6.54 Å². The van der Waals surface area contributed by atoms with Crippen LogP contribution in [0.2, 0.25) is 0 Å². The molecule has 5 nitrogen and oxygen atoms in total. The standard InChI is InChI=1S/C16H20N4O/c1-13-11-20(9-8-18-13)12-14-2-4-15(5-3-14)21-16-10-17-6-7-19-16/h2-7,10,13,18H,8-9,11-12H2,1H3/t13-/m1/s1. The van der Waals surface area contributed by atoms with Crippen molar-refractivity contribution in [1.29, 1.82) is 0 Å². The van der Waals surface area contributed by atoms with E-state index in [9.17, 15) is 0 Å². The van der Waals surface area contributed by atoms with Gasteiger partial charge in [-0.3, -0.25) is 9.88 Å². The molecule has 2 aromatic rings. The molecule has 110 valence electrons. The average Bonchev–Trinajstić information content (AvgIpc) is 2.50. The number of aromatic nitrogens is 2. The van der Waals surface area contributed by atoms with Gasteiger partial charge in [0, 0.05) is 44.6 Å². The molecule has 3 rings (SSSR count). The van der Waals surface area contributed by atoms with Crippen LogP contribution in [0.15, 0.2) is 42.9 Å². The van der Waals surface area contributed by atoms with Crippen molar-refractivity contribution in [2.45, 2.75) is 19.5 Å². The van der Waals surface area contributed by atoms with E-state index in [1.165, 1.54) is 5.56 Å². The molecule has 21 heavy (non-hydrogen) atoms. The average molecular weight is 284 g/mol. The number of hydrogen-bond acceptors (Lipinski definition) is 5. The van der Waals surface area contributed by atoms with E-state index >= 15 is 0 Å². The van der Waals surface area contributed by atoms with Gasteiger partial charge in [0.2, 0.25) is 5.88 Å². The van der Waals surface area contributed by atoms with Crippen LogP contribution in [0.5, 0.6) is 11.6 Å². The van der Waals surface area contributed by atoms with E-state index in [4.69, 9.17) is 4.74 Å². The maximum atomic E-state index is 5.64. The lowest BCUT2D eigenvalue weighted by Gasteiger charge is -2.31. The van der Waals surface area contributed by atoms with Gasteiger partial charge in [-0.25, -0.2) is 4.98 Å². The summed E-state index contributed by atoms with van der Waals surface area (Å²) in [6.07, 6.45) is 4.86. The van der Waals surface area contributed by atoms with E-state index in [-0.39, 0.29) is 0 Å². The summed E-state index contributed by atoms with van der Waals surface area (Å²) in [5.41, 5.74) is 1.30. The minimum Gasteiger partial charge on any atom is -0.438 e. The summed E-state index contributed by atoms with van der Waals surface area (Å²) in [4.78, 5) is 10.6. The van der Waals surface area contributed by atoms with Crippen molar-refractivity contribution in [1.82, 2.24) is 20.2 Å². The molecule has 0 spiro atoms. The summed E-state index contributed by atoms with van der Waals surface area (Å²) < 4.78 is 5.64. The smallest absolute Gasteiger partial charge is 0.237 e. The van der Waals surface area contributed by atoms with Crippen molar-refractivity contribution in [3.05, 3.63) is 48.4 Å². The summed E-state index contributed by atoms with van der Waals surface area (Å²) in [6.45, 7) is 6.47. The van der Waals surface area contributed by atoms with E-state index in [2.05, 4.69) is 39.2 Å². The summed E-state index contributed by atoms with van der Waals surface area (Å²) in [5.74, 6) is 1.30. The van der Waals surface area contributed by atoms with Crippen LogP contribution in [0.1, 0.15) is 12.5 Å². The second-order valence-electron chi connectivity index (χ2n) is 5.38. The summed E-state index contributed by atoms with van der Waals surface area (Å²) >= 11 is 0. The molecule has 1 aliphatic heterocycles. The second-order valence-corrected chi connectivity index (χ2v) is 5.38. The molecule has 5 heteroatoms. The fraction of sp³-hybridized carbons (Fsp3) is 0.375. The molecule has 0 amide bonds. The second kappa shape index (κ2) is 6.65. The Balaban J connectivity index is 1.59. The highest BCUT2D eigenvalue weighted by Gasteiger charge is 2.15. The minimum absolute atomic E-state index is 0.515. The van der Waals surface area contributed by atoms with Crippen molar-refractivity contribution >= 4 is 0 Å². The summed E-state index contributed by atoms with van der Waals surface area (Å²) in [7, 11) is 0. The van der Waals surface area contributed by atoms with Gasteiger partial charge in [-0.2, -0.15) is 0 Å². The van der Waals surface area contributed by atoms with Crippen LogP contribution < -0.4 is 10.1 Å². The van der Waals surface area contributed by atoms with Gasteiger partial charge < -0.3 is 10.1 Å². The summed E-state index contributed by atoms with van der Waals surface area (Å²) in [5, 5.41) is 3.46. The maximum Gasteiger partial charge on any atom is 0.237 e. The van der Waals surface area contributed by atoms with Crippen molar-refractivity contribution in [2.75, 3.05) is 19.6 Å². The molecular formula is C16H20N4O. The van der Waals surface area contributed by atoms with Crippen LogP contribution in [0, 0.1) is 0 Å². The first kappa shape index (κ1) is 14.0. The SMILES string of the molecule is C[C@@H]1CN(Cc2ccc(Oc3cnccn3)cc2)CCN1. The van der Waals surface area contributed by atoms with Crippen molar-refractivity contribution < 1.29 is 4.74 Å². The molecular weight excluding hydrogens is 264 g/mol. The van der Waals surface area contributed by atoms with Gasteiger partial charge in [0.25, 0.3) is 0 Å². The Morgan fingerprint density at radius 1 is 1.29 bits per heavy atom. The topological polar surface area (TPSA) is 50.3 Å². The molecule has 2 heterocycles. The Labute approximate surface area is 125 Å². The third kappa shape index (κ3) is 4.00. The number of rotatable bonds is 4. The molecule has 1 aromatic carbocycles. The van der Waals surface area contributed by atoms with Gasteiger partial charge >= 0.3 is 0 Å². The van der Waals surface area contributed by atoms with Gasteiger partial charge in [-0.05, 0) is 24.6 Å². The monoisotopic (exact) mass is 284 g/mol. The van der Waals surface area contributed by atoms with Gasteiger partial charge in [-0.1, -0.05) is 12.1 Å². The number of ether oxygens (including phenoxy) is 1. The quantitative estimate of drug-likeness (QED) is 0.931. The van der Waals surface area contributed by atoms with Gasteiger partial charge in [0.1, 0.15) is 5.75 Å². The molecule has 0 aliphatic carbocycles. The van der Waals surface area contributed by atoms with Gasteiger partial charge in [-0.15, -0.1) is 0 Å². The van der Waals surface area contributed by atoms with Crippen LogP contribution in [0.4, 0.5) is 0 Å². The zero-order valence-corrected chi connectivity index (χ0v) is 12.2. The lowest BCUT2D eigenvalue weighted by Crippen LogP contribution is -2.48. The predicted octanol–water partition coefficient (Wildman–Crippen LogP) is 2.06. The fourth-order valence-corrected chi connectivity index (χ4v) is 2.54. The van der Waals surface area contributed by atoms with E-state index in [0.29, 0.717) is 11.9 Å². The molecule has 0 radical (unpaired) electrons. The summed E-state index contributed by atoms with van der Waals surface area (Å²) in [6, 6.07) is 8.75. The highest BCUT2D eigenvalue weighted by molar-refractivity contribution is 5.29. The van der Waals surface area contributed by atoms with Crippen LogP contribution in [0.25, 0.3) is 0 Å². The van der Waals surface area contributed by atoms with Crippen molar-refractivity contribution in [3.8, 4) is 11.6 Å². The number of hydrogen-bond donors (Lipinski definition) is 1. The zero-order chi connectivity index (χ0) is 14.5. The van der Waals surface area contributed by atoms with Crippen LogP contribution in [-0.4, -0.2) is 40.5 Å². The highest BCUT2D eigenvalue weighted by Crippen LogP contribution is 2.19. The van der Waals surface area contributed by atoms with E-state index in [1.807, 2.05) is 12.1 Å². The van der Waals surface area contributed by atoms with E-state index in [1.54, 1.807) is 18.6 Å². The molecule has 1 atom stereocenters. The molecule has 0 saturated carbocycles. The van der Waals surface area contributed by atoms with E-state index in [0.717, 1.165) is 31.9 Å². The molecule has 0 bridgehead atoms. The number of piperazine rings is 1. The fourth-order valence-electron chi connectivity index (χ4n) is 2.54. The molecule has 0 unspecified atom stereocenters. The van der Waals surface area contributed by atoms with Gasteiger partial charge in [0.15, 0.2) is 0 Å².